The maximum Gasteiger partial charge on any atom is 0.232 e. The summed E-state index contributed by atoms with van der Waals surface area (Å²) in [7, 11) is 0. The molecule has 2 aromatic rings. The molecule has 0 saturated carbocycles. The van der Waals surface area contributed by atoms with Crippen molar-refractivity contribution in [3.8, 4) is 0 Å². The average Bonchev–Trinajstić information content (AvgIpc) is 2.99. The fourth-order valence-electron chi connectivity index (χ4n) is 2.66. The van der Waals surface area contributed by atoms with E-state index in [0.29, 0.717) is 0 Å². The van der Waals surface area contributed by atoms with Crippen molar-refractivity contribution in [2.24, 2.45) is 0 Å². The molecule has 4 atom stereocenters. The zero-order valence-electron chi connectivity index (χ0n) is 12.8. The van der Waals surface area contributed by atoms with Crippen LogP contribution in [0.15, 0.2) is 6.33 Å². The van der Waals surface area contributed by atoms with Crippen molar-refractivity contribution in [2.45, 2.75) is 37.9 Å². The summed E-state index contributed by atoms with van der Waals surface area (Å²) in [6.07, 6.45) is -2.01. The minimum atomic E-state index is -1.70. The molecule has 3 rings (SSSR count). The second-order valence-electron chi connectivity index (χ2n) is 5.72. The Kier molecular flexibility index (Phi) is 4.18. The molecule has 4 N–H and O–H groups in total. The zero-order valence-corrected chi connectivity index (χ0v) is 13.6. The molecule has 10 nitrogen and oxygen atoms in total. The first-order chi connectivity index (χ1) is 11.3. The van der Waals surface area contributed by atoms with E-state index in [0.717, 1.165) is 0 Å². The number of aromatic nitrogens is 4. The van der Waals surface area contributed by atoms with E-state index in [2.05, 4.69) is 20.3 Å². The molecule has 0 aliphatic carbocycles. The molecule has 24 heavy (non-hydrogen) atoms. The number of carbonyl (C=O) groups is 1. The molecular formula is C13H16ClN5O5. The van der Waals surface area contributed by atoms with Crippen LogP contribution in [0.2, 0.25) is 5.15 Å². The molecule has 2 aromatic heterocycles. The third-order valence-electron chi connectivity index (χ3n) is 3.85. The molecular weight excluding hydrogens is 342 g/mol. The Hall–Kier alpha value is -1.85. The minimum Gasteiger partial charge on any atom is -0.394 e. The Morgan fingerprint density at radius 1 is 1.54 bits per heavy atom. The molecule has 130 valence electrons. The van der Waals surface area contributed by atoms with Gasteiger partial charge in [-0.25, -0.2) is 4.98 Å². The molecule has 1 aliphatic rings. The SMILES string of the molecule is CC(=O)Nc1nc(Cl)c2ncn([C@@H]3O[C@H](CO)[C@@H](O)C3(C)O)c2n1. The third kappa shape index (κ3) is 2.62. The summed E-state index contributed by atoms with van der Waals surface area (Å²) in [4.78, 5) is 23.3. The van der Waals surface area contributed by atoms with Crippen LogP contribution in [0.4, 0.5) is 5.95 Å². The van der Waals surface area contributed by atoms with Crippen molar-refractivity contribution in [3.05, 3.63) is 11.5 Å². The first kappa shape index (κ1) is 17.0. The summed E-state index contributed by atoms with van der Waals surface area (Å²) < 4.78 is 6.90. The Bertz CT molecular complexity index is 794. The van der Waals surface area contributed by atoms with Gasteiger partial charge in [-0.05, 0) is 6.92 Å². The van der Waals surface area contributed by atoms with Crippen molar-refractivity contribution < 1.29 is 24.9 Å². The number of anilines is 1. The number of ether oxygens (including phenoxy) is 1. The van der Waals surface area contributed by atoms with Crippen LogP contribution in [0.3, 0.4) is 0 Å². The molecule has 1 saturated heterocycles. The lowest BCUT2D eigenvalue weighted by molar-refractivity contribution is -0.114. The lowest BCUT2D eigenvalue weighted by atomic mass is 9.96. The highest BCUT2D eigenvalue weighted by molar-refractivity contribution is 6.33. The van der Waals surface area contributed by atoms with Crippen molar-refractivity contribution >= 4 is 34.6 Å². The van der Waals surface area contributed by atoms with Crippen LogP contribution < -0.4 is 5.32 Å². The van der Waals surface area contributed by atoms with E-state index in [4.69, 9.17) is 16.3 Å². The summed E-state index contributed by atoms with van der Waals surface area (Å²) >= 11 is 6.05. The van der Waals surface area contributed by atoms with Crippen LogP contribution in [-0.2, 0) is 9.53 Å². The molecule has 0 bridgehead atoms. The molecule has 11 heteroatoms. The molecule has 0 radical (unpaired) electrons. The van der Waals surface area contributed by atoms with E-state index in [1.54, 1.807) is 0 Å². The normalized spacial score (nSPS) is 30.0. The van der Waals surface area contributed by atoms with Gasteiger partial charge in [0.15, 0.2) is 17.0 Å². The Morgan fingerprint density at radius 3 is 2.83 bits per heavy atom. The maximum atomic E-state index is 11.2. The van der Waals surface area contributed by atoms with Crippen LogP contribution in [0.1, 0.15) is 20.1 Å². The number of hydrogen-bond donors (Lipinski definition) is 4. The molecule has 1 amide bonds. The molecule has 1 unspecified atom stereocenters. The maximum absolute atomic E-state index is 11.2. The molecule has 0 spiro atoms. The number of nitrogens with zero attached hydrogens (tertiary/aromatic N) is 4. The number of halogens is 1. The Balaban J connectivity index is 2.10. The second-order valence-corrected chi connectivity index (χ2v) is 6.08. The highest BCUT2D eigenvalue weighted by Gasteiger charge is 2.53. The van der Waals surface area contributed by atoms with Crippen molar-refractivity contribution in [1.29, 1.82) is 0 Å². The smallest absolute Gasteiger partial charge is 0.232 e. The monoisotopic (exact) mass is 357 g/mol. The number of imidazole rings is 1. The van der Waals surface area contributed by atoms with Crippen LogP contribution in [0.25, 0.3) is 11.2 Å². The van der Waals surface area contributed by atoms with E-state index in [-0.39, 0.29) is 28.2 Å². The van der Waals surface area contributed by atoms with Gasteiger partial charge < -0.3 is 20.1 Å². The van der Waals surface area contributed by atoms with E-state index in [1.807, 2.05) is 0 Å². The number of rotatable bonds is 3. The summed E-state index contributed by atoms with van der Waals surface area (Å²) in [5.41, 5.74) is -1.26. The van der Waals surface area contributed by atoms with Gasteiger partial charge in [0.1, 0.15) is 23.3 Å². The number of nitrogens with one attached hydrogen (secondary N) is 1. The standard InChI is InChI=1S/C13H16ClN5O5/c1-5(21)16-12-17-9(14)7-10(18-12)19(4-15-7)11-13(2,23)8(22)6(3-20)24-11/h4,6,8,11,20,22-23H,3H2,1-2H3,(H,16,17,18,21)/t6-,8-,11-,13?/m1/s1. The Morgan fingerprint density at radius 2 is 2.25 bits per heavy atom. The minimum absolute atomic E-state index is 0.0133. The fraction of sp³-hybridized carbons (Fsp3) is 0.538. The molecule has 0 aromatic carbocycles. The topological polar surface area (TPSA) is 143 Å². The highest BCUT2D eigenvalue weighted by atomic mass is 35.5. The number of aliphatic hydroxyl groups excluding tert-OH is 2. The van der Waals surface area contributed by atoms with Gasteiger partial charge in [-0.15, -0.1) is 0 Å². The summed E-state index contributed by atoms with van der Waals surface area (Å²) in [5.74, 6) is -0.407. The zero-order chi connectivity index (χ0) is 17.6. The van der Waals surface area contributed by atoms with E-state index >= 15 is 0 Å². The van der Waals surface area contributed by atoms with Crippen molar-refractivity contribution in [3.63, 3.8) is 0 Å². The van der Waals surface area contributed by atoms with Gasteiger partial charge in [-0.1, -0.05) is 11.6 Å². The number of fused-ring (bicyclic) bond motifs is 1. The van der Waals surface area contributed by atoms with Crippen LogP contribution in [0.5, 0.6) is 0 Å². The van der Waals surface area contributed by atoms with E-state index in [9.17, 15) is 20.1 Å². The molecule has 1 aliphatic heterocycles. The summed E-state index contributed by atoms with van der Waals surface area (Å²) in [6.45, 7) is 2.21. The van der Waals surface area contributed by atoms with Gasteiger partial charge >= 0.3 is 0 Å². The average molecular weight is 358 g/mol. The first-order valence-corrected chi connectivity index (χ1v) is 7.48. The van der Waals surface area contributed by atoms with Gasteiger partial charge in [0.05, 0.1) is 12.9 Å². The van der Waals surface area contributed by atoms with Gasteiger partial charge in [-0.2, -0.15) is 9.97 Å². The number of hydrogen-bond acceptors (Lipinski definition) is 8. The predicted octanol–water partition coefficient (Wildman–Crippen LogP) is -0.560. The molecule has 3 heterocycles. The quantitative estimate of drug-likeness (QED) is 0.535. The van der Waals surface area contributed by atoms with Gasteiger partial charge in [-0.3, -0.25) is 14.7 Å². The van der Waals surface area contributed by atoms with Gasteiger partial charge in [0.25, 0.3) is 0 Å². The predicted molar refractivity (Wildman–Crippen MR) is 82.3 cm³/mol. The van der Waals surface area contributed by atoms with Crippen LogP contribution in [0, 0.1) is 0 Å². The van der Waals surface area contributed by atoms with Gasteiger partial charge in [0.2, 0.25) is 11.9 Å². The van der Waals surface area contributed by atoms with Crippen LogP contribution >= 0.6 is 11.6 Å². The van der Waals surface area contributed by atoms with Crippen molar-refractivity contribution in [2.75, 3.05) is 11.9 Å². The van der Waals surface area contributed by atoms with Crippen molar-refractivity contribution in [1.82, 2.24) is 19.5 Å². The second kappa shape index (κ2) is 5.90. The number of aliphatic hydroxyl groups is 3. The van der Waals surface area contributed by atoms with Gasteiger partial charge in [0, 0.05) is 6.92 Å². The van der Waals surface area contributed by atoms with E-state index in [1.165, 1.54) is 24.7 Å². The highest BCUT2D eigenvalue weighted by Crippen LogP contribution is 2.39. The largest absolute Gasteiger partial charge is 0.394 e. The lowest BCUT2D eigenvalue weighted by Gasteiger charge is -2.27. The van der Waals surface area contributed by atoms with E-state index < -0.39 is 30.6 Å². The number of amides is 1. The first-order valence-electron chi connectivity index (χ1n) is 7.10. The molecule has 1 fully saturated rings. The summed E-state index contributed by atoms with van der Waals surface area (Å²) in [5, 5.41) is 32.4. The summed E-state index contributed by atoms with van der Waals surface area (Å²) in [6, 6.07) is 0. The number of carbonyl (C=O) groups excluding carboxylic acids is 1. The fourth-order valence-corrected chi connectivity index (χ4v) is 2.87. The lowest BCUT2D eigenvalue weighted by Crippen LogP contribution is -2.44. The third-order valence-corrected chi connectivity index (χ3v) is 4.12. The van der Waals surface area contributed by atoms with Crippen LogP contribution in [-0.4, -0.2) is 65.2 Å². The Labute approximate surface area is 141 Å².